The number of aromatic nitrogens is 1. The number of rotatable bonds is 1. The molecule has 0 radical (unpaired) electrons. The number of nitrogens with zero attached hydrogens (tertiary/aromatic N) is 1. The number of anilines is 1. The summed E-state index contributed by atoms with van der Waals surface area (Å²) >= 11 is 1.35. The molecule has 12 heavy (non-hydrogen) atoms. The van der Waals surface area contributed by atoms with E-state index in [1.807, 2.05) is 6.07 Å². The average Bonchev–Trinajstić information content (AvgIpc) is 2.37. The maximum Gasteiger partial charge on any atom is 0.329 e. The Hall–Kier alpha value is -1.54. The van der Waals surface area contributed by atoms with Gasteiger partial charge < -0.3 is 5.73 Å². The van der Waals surface area contributed by atoms with Crippen molar-refractivity contribution in [2.45, 2.75) is 6.92 Å². The van der Waals surface area contributed by atoms with Crippen LogP contribution in [-0.2, 0) is 0 Å². The number of hydrogen-bond donors (Lipinski definition) is 2. The molecule has 62 valence electrons. The summed E-state index contributed by atoms with van der Waals surface area (Å²) in [6.45, 7) is 1.68. The maximum atomic E-state index is 8.72. The van der Waals surface area contributed by atoms with Crippen LogP contribution in [0.2, 0.25) is 0 Å². The molecule has 1 aromatic rings. The Morgan fingerprint density at radius 3 is 2.75 bits per heavy atom. The van der Waals surface area contributed by atoms with E-state index < -0.39 is 0 Å². The predicted molar refractivity (Wildman–Crippen MR) is 47.7 cm³/mol. The van der Waals surface area contributed by atoms with E-state index in [2.05, 4.69) is 4.98 Å². The van der Waals surface area contributed by atoms with Gasteiger partial charge in [-0.2, -0.15) is 5.26 Å². The van der Waals surface area contributed by atoms with Gasteiger partial charge in [0.2, 0.25) is 0 Å². The summed E-state index contributed by atoms with van der Waals surface area (Å²) in [6, 6.07) is 2.01. The molecule has 0 aromatic carbocycles. The third kappa shape index (κ3) is 1.54. The van der Waals surface area contributed by atoms with Gasteiger partial charge in [0.25, 0.3) is 0 Å². The fourth-order valence-corrected chi connectivity index (χ4v) is 1.39. The number of thiazole rings is 1. The molecule has 0 unspecified atom stereocenters. The van der Waals surface area contributed by atoms with Crippen molar-refractivity contribution in [2.24, 2.45) is 5.73 Å². The Kier molecular flexibility index (Phi) is 2.31. The zero-order valence-electron chi connectivity index (χ0n) is 6.59. The van der Waals surface area contributed by atoms with E-state index >= 15 is 0 Å². The van der Waals surface area contributed by atoms with E-state index in [0.717, 1.165) is 0 Å². The van der Waals surface area contributed by atoms with Crippen LogP contribution >= 0.6 is 11.3 Å². The highest BCUT2D eigenvalue weighted by Crippen LogP contribution is 2.15. The number of H-pyrrole nitrogens is 1. The molecule has 0 aliphatic rings. The van der Waals surface area contributed by atoms with Gasteiger partial charge in [-0.15, -0.1) is 0 Å². The number of hydrogen-bond acceptors (Lipinski definition) is 4. The van der Waals surface area contributed by atoms with E-state index in [1.54, 1.807) is 12.3 Å². The van der Waals surface area contributed by atoms with Crippen LogP contribution in [0.3, 0.4) is 0 Å². The number of nitrogens with one attached hydrogen (secondary N) is 1. The van der Waals surface area contributed by atoms with Crippen molar-refractivity contribution in [3.8, 4) is 6.07 Å². The van der Waals surface area contributed by atoms with Gasteiger partial charge in [0.05, 0.1) is 0 Å². The van der Waals surface area contributed by atoms with Crippen LogP contribution < -0.4 is 16.5 Å². The lowest BCUT2D eigenvalue weighted by atomic mass is 10.2. The SMILES string of the molecule is CC(N)=C(C#N)c1csc(N)[nH+]1. The molecule has 4 nitrogen and oxygen atoms in total. The minimum absolute atomic E-state index is 0.447. The molecule has 0 aliphatic heterocycles. The molecule has 1 aromatic heterocycles. The fraction of sp³-hybridized carbons (Fsp3) is 0.143. The second kappa shape index (κ2) is 3.24. The lowest BCUT2D eigenvalue weighted by Crippen LogP contribution is -2.11. The van der Waals surface area contributed by atoms with E-state index in [0.29, 0.717) is 22.1 Å². The van der Waals surface area contributed by atoms with Crippen molar-refractivity contribution >= 4 is 22.0 Å². The number of nitrogen functional groups attached to an aromatic ring is 1. The third-order valence-corrected chi connectivity index (χ3v) is 2.05. The van der Waals surface area contributed by atoms with Gasteiger partial charge in [-0.3, -0.25) is 5.73 Å². The maximum absolute atomic E-state index is 8.72. The van der Waals surface area contributed by atoms with Crippen LogP contribution in [0.25, 0.3) is 5.57 Å². The molecule has 0 saturated carbocycles. The zero-order valence-corrected chi connectivity index (χ0v) is 7.40. The summed E-state index contributed by atoms with van der Waals surface area (Å²) in [4.78, 5) is 2.84. The van der Waals surface area contributed by atoms with E-state index in [-0.39, 0.29) is 0 Å². The first-order valence-electron chi connectivity index (χ1n) is 3.28. The molecule has 0 fully saturated rings. The second-order valence-electron chi connectivity index (χ2n) is 2.31. The van der Waals surface area contributed by atoms with Gasteiger partial charge in [0.1, 0.15) is 11.6 Å². The molecule has 1 rings (SSSR count). The van der Waals surface area contributed by atoms with Crippen molar-refractivity contribution in [1.29, 1.82) is 5.26 Å². The minimum Gasteiger partial charge on any atom is -0.401 e. The van der Waals surface area contributed by atoms with Gasteiger partial charge in [0.15, 0.2) is 5.69 Å². The minimum atomic E-state index is 0.447. The molecule has 0 atom stereocenters. The monoisotopic (exact) mass is 181 g/mol. The van der Waals surface area contributed by atoms with Crippen LogP contribution in [0.4, 0.5) is 5.13 Å². The molecule has 0 saturated heterocycles. The van der Waals surface area contributed by atoms with Crippen LogP contribution in [0.15, 0.2) is 11.1 Å². The Morgan fingerprint density at radius 1 is 1.75 bits per heavy atom. The van der Waals surface area contributed by atoms with Crippen LogP contribution in [0.5, 0.6) is 0 Å². The summed E-state index contributed by atoms with van der Waals surface area (Å²) in [5.41, 5.74) is 12.6. The zero-order chi connectivity index (χ0) is 9.14. The summed E-state index contributed by atoms with van der Waals surface area (Å²) in [7, 11) is 0. The average molecular weight is 181 g/mol. The fourth-order valence-electron chi connectivity index (χ4n) is 0.796. The quantitative estimate of drug-likeness (QED) is 0.613. The summed E-state index contributed by atoms with van der Waals surface area (Å²) in [5, 5.41) is 11.1. The van der Waals surface area contributed by atoms with E-state index in [4.69, 9.17) is 16.7 Å². The van der Waals surface area contributed by atoms with Crippen molar-refractivity contribution < 1.29 is 4.98 Å². The largest absolute Gasteiger partial charge is 0.401 e. The Bertz CT molecular complexity index is 354. The molecule has 0 aliphatic carbocycles. The topological polar surface area (TPSA) is 90.0 Å². The van der Waals surface area contributed by atoms with Crippen LogP contribution in [-0.4, -0.2) is 0 Å². The van der Waals surface area contributed by atoms with Gasteiger partial charge in [-0.1, -0.05) is 11.3 Å². The first kappa shape index (κ1) is 8.56. The Balaban J connectivity index is 3.15. The van der Waals surface area contributed by atoms with Gasteiger partial charge >= 0.3 is 5.13 Å². The standard InChI is InChI=1S/C7H8N4S/c1-4(9)5(2-8)6-3-12-7(10)11-6/h3H,9H2,1H3,(H2,10,11)/p+1. The Morgan fingerprint density at radius 2 is 2.42 bits per heavy atom. The lowest BCUT2D eigenvalue weighted by molar-refractivity contribution is -0.357. The van der Waals surface area contributed by atoms with Crippen molar-refractivity contribution in [3.05, 3.63) is 16.8 Å². The van der Waals surface area contributed by atoms with Crippen molar-refractivity contribution in [1.82, 2.24) is 0 Å². The highest BCUT2D eigenvalue weighted by atomic mass is 32.1. The highest BCUT2D eigenvalue weighted by molar-refractivity contribution is 7.13. The number of nitrogens with two attached hydrogens (primary N) is 2. The van der Waals surface area contributed by atoms with E-state index in [1.165, 1.54) is 11.3 Å². The first-order valence-corrected chi connectivity index (χ1v) is 4.16. The molecule has 0 spiro atoms. The van der Waals surface area contributed by atoms with Gasteiger partial charge in [-0.25, -0.2) is 4.98 Å². The smallest absolute Gasteiger partial charge is 0.329 e. The molecular formula is C7H9N4S+. The Labute approximate surface area is 74.1 Å². The van der Waals surface area contributed by atoms with Crippen LogP contribution in [0.1, 0.15) is 12.6 Å². The lowest BCUT2D eigenvalue weighted by Gasteiger charge is -1.92. The summed E-state index contributed by atoms with van der Waals surface area (Å²) in [5.74, 6) is 0. The number of nitriles is 1. The summed E-state index contributed by atoms with van der Waals surface area (Å²) < 4.78 is 0. The first-order chi connectivity index (χ1) is 5.65. The van der Waals surface area contributed by atoms with Crippen LogP contribution in [0, 0.1) is 11.3 Å². The molecule has 0 amide bonds. The molecule has 5 heteroatoms. The third-order valence-electron chi connectivity index (χ3n) is 1.34. The number of aromatic amines is 1. The van der Waals surface area contributed by atoms with Crippen molar-refractivity contribution in [3.63, 3.8) is 0 Å². The molecule has 1 heterocycles. The normalized spacial score (nSPS) is 12.0. The van der Waals surface area contributed by atoms with Gasteiger partial charge in [-0.05, 0) is 6.92 Å². The summed E-state index contributed by atoms with van der Waals surface area (Å²) in [6.07, 6.45) is 0. The highest BCUT2D eigenvalue weighted by Gasteiger charge is 2.10. The molecule has 0 bridgehead atoms. The molecular weight excluding hydrogens is 172 g/mol. The molecule has 5 N–H and O–H groups in total. The predicted octanol–water partition coefficient (Wildman–Crippen LogP) is 0.358. The number of allylic oxidation sites excluding steroid dienone is 2. The van der Waals surface area contributed by atoms with Gasteiger partial charge in [0, 0.05) is 11.1 Å². The van der Waals surface area contributed by atoms with E-state index in [9.17, 15) is 0 Å². The second-order valence-corrected chi connectivity index (χ2v) is 3.22. The van der Waals surface area contributed by atoms with Crippen molar-refractivity contribution in [2.75, 3.05) is 5.73 Å².